The smallest absolute Gasteiger partial charge is 0.417 e. The monoisotopic (exact) mass is 348 g/mol. The van der Waals surface area contributed by atoms with Gasteiger partial charge in [-0.25, -0.2) is 4.79 Å². The SMILES string of the molecule is CCOC(=O)N1C=CC=C(N2CCC(C(=O)OC(C)(C)C)CC2)C=C1. The van der Waals surface area contributed by atoms with Crippen LogP contribution in [0, 0.1) is 5.92 Å². The summed E-state index contributed by atoms with van der Waals surface area (Å²) in [6.07, 6.45) is 10.2. The maximum Gasteiger partial charge on any atom is 0.417 e. The van der Waals surface area contributed by atoms with Crippen molar-refractivity contribution in [2.75, 3.05) is 19.7 Å². The number of rotatable bonds is 3. The molecule has 0 N–H and O–H groups in total. The molecule has 0 aromatic carbocycles. The fourth-order valence-electron chi connectivity index (χ4n) is 2.79. The van der Waals surface area contributed by atoms with Crippen molar-refractivity contribution in [3.8, 4) is 0 Å². The van der Waals surface area contributed by atoms with Crippen molar-refractivity contribution in [3.05, 3.63) is 36.3 Å². The molecule has 0 aromatic heterocycles. The normalized spacial score (nSPS) is 18.6. The second kappa shape index (κ2) is 8.23. The predicted molar refractivity (Wildman–Crippen MR) is 95.4 cm³/mol. The molecule has 0 radical (unpaired) electrons. The lowest BCUT2D eigenvalue weighted by Crippen LogP contribution is -2.38. The summed E-state index contributed by atoms with van der Waals surface area (Å²) in [5.74, 6) is -0.150. The summed E-state index contributed by atoms with van der Waals surface area (Å²) in [7, 11) is 0. The summed E-state index contributed by atoms with van der Waals surface area (Å²) in [5, 5.41) is 0. The molecule has 0 aliphatic carbocycles. The second-order valence-corrected chi connectivity index (χ2v) is 7.15. The van der Waals surface area contributed by atoms with E-state index in [-0.39, 0.29) is 11.9 Å². The first-order chi connectivity index (χ1) is 11.8. The van der Waals surface area contributed by atoms with E-state index in [4.69, 9.17) is 9.47 Å². The van der Waals surface area contributed by atoms with Crippen LogP contribution in [-0.4, -0.2) is 47.2 Å². The zero-order valence-corrected chi connectivity index (χ0v) is 15.5. The molecule has 0 unspecified atom stereocenters. The van der Waals surface area contributed by atoms with Gasteiger partial charge in [-0.1, -0.05) is 0 Å². The summed E-state index contributed by atoms with van der Waals surface area (Å²) in [6, 6.07) is 0. The molecular weight excluding hydrogens is 320 g/mol. The zero-order chi connectivity index (χ0) is 18.4. The molecule has 1 fully saturated rings. The topological polar surface area (TPSA) is 59.1 Å². The first-order valence-electron chi connectivity index (χ1n) is 8.79. The lowest BCUT2D eigenvalue weighted by atomic mass is 9.96. The van der Waals surface area contributed by atoms with Crippen LogP contribution in [0.3, 0.4) is 0 Å². The summed E-state index contributed by atoms with van der Waals surface area (Å²) in [6.45, 7) is 9.37. The van der Waals surface area contributed by atoms with E-state index in [2.05, 4.69) is 4.90 Å². The fraction of sp³-hybridized carbons (Fsp3) is 0.579. The van der Waals surface area contributed by atoms with Gasteiger partial charge in [-0.05, 0) is 58.8 Å². The standard InChI is InChI=1S/C19H28N2O4/c1-5-24-18(23)21-11-6-7-16(10-14-21)20-12-8-15(9-13-20)17(22)25-19(2,3)4/h6-7,10-11,14-15H,5,8-9,12-13H2,1-4H3. The minimum atomic E-state index is -0.442. The van der Waals surface area contributed by atoms with Crippen molar-refractivity contribution in [2.45, 2.75) is 46.1 Å². The van der Waals surface area contributed by atoms with Gasteiger partial charge in [0.1, 0.15) is 5.60 Å². The molecule has 0 bridgehead atoms. The predicted octanol–water partition coefficient (Wildman–Crippen LogP) is 3.42. The molecule has 6 nitrogen and oxygen atoms in total. The van der Waals surface area contributed by atoms with E-state index >= 15 is 0 Å². The molecule has 138 valence electrons. The minimum absolute atomic E-state index is 0.0441. The lowest BCUT2D eigenvalue weighted by molar-refractivity contribution is -0.161. The summed E-state index contributed by atoms with van der Waals surface area (Å²) in [5.41, 5.74) is 0.577. The van der Waals surface area contributed by atoms with Crippen molar-refractivity contribution in [1.29, 1.82) is 0 Å². The Morgan fingerprint density at radius 3 is 2.48 bits per heavy atom. The summed E-state index contributed by atoms with van der Waals surface area (Å²) in [4.78, 5) is 27.6. The third kappa shape index (κ3) is 5.66. The number of piperidine rings is 1. The Bertz CT molecular complexity index is 579. The van der Waals surface area contributed by atoms with Crippen molar-refractivity contribution in [3.63, 3.8) is 0 Å². The average molecular weight is 348 g/mol. The quantitative estimate of drug-likeness (QED) is 0.732. The van der Waals surface area contributed by atoms with Crippen LogP contribution in [0.4, 0.5) is 4.79 Å². The molecule has 2 heterocycles. The molecule has 0 atom stereocenters. The Kier molecular flexibility index (Phi) is 6.28. The molecule has 0 saturated carbocycles. The van der Waals surface area contributed by atoms with Crippen LogP contribution in [-0.2, 0) is 14.3 Å². The molecule has 2 rings (SSSR count). The van der Waals surface area contributed by atoms with Gasteiger partial charge in [0.25, 0.3) is 0 Å². The Hall–Kier alpha value is -2.24. The molecular formula is C19H28N2O4. The molecule has 1 amide bonds. The molecule has 2 aliphatic rings. The Morgan fingerprint density at radius 1 is 1.20 bits per heavy atom. The minimum Gasteiger partial charge on any atom is -0.460 e. The van der Waals surface area contributed by atoms with Crippen molar-refractivity contribution >= 4 is 12.1 Å². The lowest BCUT2D eigenvalue weighted by Gasteiger charge is -2.34. The van der Waals surface area contributed by atoms with E-state index in [1.165, 1.54) is 4.90 Å². The molecule has 25 heavy (non-hydrogen) atoms. The molecule has 0 aromatic rings. The highest BCUT2D eigenvalue weighted by molar-refractivity contribution is 5.73. The first kappa shape index (κ1) is 19.1. The largest absolute Gasteiger partial charge is 0.460 e. The Morgan fingerprint density at radius 2 is 1.88 bits per heavy atom. The van der Waals surface area contributed by atoms with Crippen LogP contribution in [0.2, 0.25) is 0 Å². The first-order valence-corrected chi connectivity index (χ1v) is 8.79. The van der Waals surface area contributed by atoms with Gasteiger partial charge in [0.05, 0.1) is 12.5 Å². The summed E-state index contributed by atoms with van der Waals surface area (Å²) < 4.78 is 10.5. The van der Waals surface area contributed by atoms with Crippen molar-refractivity contribution < 1.29 is 19.1 Å². The number of carbonyl (C=O) groups is 2. The van der Waals surface area contributed by atoms with E-state index in [0.717, 1.165) is 31.6 Å². The maximum atomic E-state index is 12.2. The van der Waals surface area contributed by atoms with Crippen LogP contribution in [0.1, 0.15) is 40.5 Å². The Balaban J connectivity index is 1.90. The Labute approximate surface area is 149 Å². The van der Waals surface area contributed by atoms with Crippen LogP contribution < -0.4 is 0 Å². The van der Waals surface area contributed by atoms with E-state index < -0.39 is 11.7 Å². The number of ether oxygens (including phenoxy) is 2. The van der Waals surface area contributed by atoms with Crippen LogP contribution >= 0.6 is 0 Å². The van der Waals surface area contributed by atoms with Crippen LogP contribution in [0.25, 0.3) is 0 Å². The average Bonchev–Trinajstić information content (AvgIpc) is 2.80. The van der Waals surface area contributed by atoms with Crippen molar-refractivity contribution in [1.82, 2.24) is 9.80 Å². The number of allylic oxidation sites excluding steroid dienone is 3. The number of amides is 1. The third-order valence-electron chi connectivity index (χ3n) is 4.00. The number of hydrogen-bond acceptors (Lipinski definition) is 5. The number of hydrogen-bond donors (Lipinski definition) is 0. The van der Waals surface area contributed by atoms with Gasteiger partial charge in [-0.2, -0.15) is 0 Å². The zero-order valence-electron chi connectivity index (χ0n) is 15.5. The van der Waals surface area contributed by atoms with Crippen LogP contribution in [0.5, 0.6) is 0 Å². The molecule has 0 spiro atoms. The highest BCUT2D eigenvalue weighted by atomic mass is 16.6. The van der Waals surface area contributed by atoms with Gasteiger partial charge in [0, 0.05) is 31.2 Å². The van der Waals surface area contributed by atoms with Gasteiger partial charge >= 0.3 is 12.1 Å². The fourth-order valence-corrected chi connectivity index (χ4v) is 2.79. The number of nitrogens with zero attached hydrogens (tertiary/aromatic N) is 2. The van der Waals surface area contributed by atoms with E-state index in [0.29, 0.717) is 6.61 Å². The number of likely N-dealkylation sites (tertiary alicyclic amines) is 1. The van der Waals surface area contributed by atoms with Gasteiger partial charge < -0.3 is 14.4 Å². The van der Waals surface area contributed by atoms with E-state index in [1.807, 2.05) is 39.0 Å². The van der Waals surface area contributed by atoms with Gasteiger partial charge in [-0.3, -0.25) is 9.69 Å². The highest BCUT2D eigenvalue weighted by Crippen LogP contribution is 2.24. The van der Waals surface area contributed by atoms with Crippen LogP contribution in [0.15, 0.2) is 36.3 Å². The van der Waals surface area contributed by atoms with Crippen molar-refractivity contribution in [2.24, 2.45) is 5.92 Å². The second-order valence-electron chi connectivity index (χ2n) is 7.15. The number of esters is 1. The van der Waals surface area contributed by atoms with Gasteiger partial charge in [0.2, 0.25) is 0 Å². The molecule has 1 saturated heterocycles. The highest BCUT2D eigenvalue weighted by Gasteiger charge is 2.29. The molecule has 2 aliphatic heterocycles. The van der Waals surface area contributed by atoms with Gasteiger partial charge in [0.15, 0.2) is 0 Å². The van der Waals surface area contributed by atoms with E-state index in [1.54, 1.807) is 19.3 Å². The van der Waals surface area contributed by atoms with Gasteiger partial charge in [-0.15, -0.1) is 0 Å². The number of carbonyl (C=O) groups excluding carboxylic acids is 2. The maximum absolute atomic E-state index is 12.2. The van der Waals surface area contributed by atoms with E-state index in [9.17, 15) is 9.59 Å². The third-order valence-corrected chi connectivity index (χ3v) is 4.00. The molecule has 6 heteroatoms. The summed E-state index contributed by atoms with van der Waals surface area (Å²) >= 11 is 0.